The lowest BCUT2D eigenvalue weighted by Gasteiger charge is -2.27. The number of hydrogen-bond donors (Lipinski definition) is 0. The summed E-state index contributed by atoms with van der Waals surface area (Å²) in [5.41, 5.74) is 2.11. The highest BCUT2D eigenvalue weighted by atomic mass is 16.5. The molecule has 0 aromatic heterocycles. The summed E-state index contributed by atoms with van der Waals surface area (Å²) in [6, 6.07) is 11.6. The molecule has 0 N–H and O–H groups in total. The van der Waals surface area contributed by atoms with Crippen molar-refractivity contribution in [2.75, 3.05) is 48.1 Å². The van der Waals surface area contributed by atoms with Crippen LogP contribution in [-0.2, 0) is 17.9 Å². The summed E-state index contributed by atoms with van der Waals surface area (Å²) in [7, 11) is 6.75. The Kier molecular flexibility index (Phi) is 7.41. The van der Waals surface area contributed by atoms with Gasteiger partial charge < -0.3 is 23.8 Å². The summed E-state index contributed by atoms with van der Waals surface area (Å²) < 4.78 is 22.7. The van der Waals surface area contributed by atoms with Crippen LogP contribution in [0.2, 0.25) is 0 Å². The molecule has 1 heterocycles. The number of para-hydroxylation sites is 1. The average Bonchev–Trinajstić information content (AvgIpc) is 2.73. The molecule has 1 aliphatic heterocycles. The van der Waals surface area contributed by atoms with E-state index in [-0.39, 0.29) is 12.5 Å². The van der Waals surface area contributed by atoms with Crippen LogP contribution >= 0.6 is 0 Å². The fraction of sp³-hybridized carbons (Fsp3) is 0.435. The minimum atomic E-state index is -0.0818. The van der Waals surface area contributed by atoms with E-state index in [4.69, 9.17) is 18.9 Å². The van der Waals surface area contributed by atoms with E-state index in [0.717, 1.165) is 47.9 Å². The maximum absolute atomic E-state index is 11.8. The van der Waals surface area contributed by atoms with Crippen LogP contribution in [0, 0.1) is 0 Å². The summed E-state index contributed by atoms with van der Waals surface area (Å²) in [6.45, 7) is 2.96. The van der Waals surface area contributed by atoms with Gasteiger partial charge in [-0.2, -0.15) is 0 Å². The second-order valence-corrected chi connectivity index (χ2v) is 7.41. The van der Waals surface area contributed by atoms with Gasteiger partial charge in [0.25, 0.3) is 5.91 Å². The predicted molar refractivity (Wildman–Crippen MR) is 114 cm³/mol. The van der Waals surface area contributed by atoms with E-state index < -0.39 is 0 Å². The van der Waals surface area contributed by atoms with Crippen LogP contribution in [-0.4, -0.2) is 63.8 Å². The van der Waals surface area contributed by atoms with E-state index in [1.165, 1.54) is 4.90 Å². The number of rotatable bonds is 7. The fourth-order valence-electron chi connectivity index (χ4n) is 3.41. The first-order valence-electron chi connectivity index (χ1n) is 10.0. The Balaban J connectivity index is 1.78. The van der Waals surface area contributed by atoms with Gasteiger partial charge in [-0.3, -0.25) is 9.69 Å². The first kappa shape index (κ1) is 21.8. The van der Waals surface area contributed by atoms with Crippen molar-refractivity contribution >= 4 is 5.91 Å². The summed E-state index contributed by atoms with van der Waals surface area (Å²) in [4.78, 5) is 15.7. The number of benzene rings is 2. The highest BCUT2D eigenvalue weighted by molar-refractivity contribution is 5.77. The van der Waals surface area contributed by atoms with Crippen molar-refractivity contribution in [3.8, 4) is 23.0 Å². The van der Waals surface area contributed by atoms with Crippen molar-refractivity contribution in [1.82, 2.24) is 9.80 Å². The van der Waals surface area contributed by atoms with Gasteiger partial charge in [0.1, 0.15) is 11.5 Å². The van der Waals surface area contributed by atoms with E-state index in [2.05, 4.69) is 11.0 Å². The summed E-state index contributed by atoms with van der Waals surface area (Å²) in [5.74, 6) is 2.94. The van der Waals surface area contributed by atoms with Crippen molar-refractivity contribution in [1.29, 1.82) is 0 Å². The Morgan fingerprint density at radius 2 is 1.93 bits per heavy atom. The van der Waals surface area contributed by atoms with Gasteiger partial charge in [-0.1, -0.05) is 12.1 Å². The number of ether oxygens (including phenoxy) is 4. The monoisotopic (exact) mass is 414 g/mol. The molecule has 0 bridgehead atoms. The Morgan fingerprint density at radius 3 is 2.67 bits per heavy atom. The van der Waals surface area contributed by atoms with Gasteiger partial charge in [-0.05, 0) is 30.7 Å². The van der Waals surface area contributed by atoms with Gasteiger partial charge in [-0.15, -0.1) is 0 Å². The first-order valence-corrected chi connectivity index (χ1v) is 10.0. The molecule has 0 radical (unpaired) electrons. The summed E-state index contributed by atoms with van der Waals surface area (Å²) in [6.07, 6.45) is 0.910. The van der Waals surface area contributed by atoms with Gasteiger partial charge in [0, 0.05) is 44.9 Å². The molecule has 3 rings (SSSR count). The molecule has 7 nitrogen and oxygen atoms in total. The van der Waals surface area contributed by atoms with Crippen LogP contribution in [0.15, 0.2) is 36.4 Å². The molecule has 0 spiro atoms. The Hall–Kier alpha value is -2.93. The van der Waals surface area contributed by atoms with Crippen LogP contribution in [0.25, 0.3) is 0 Å². The third kappa shape index (κ3) is 5.36. The molecule has 0 fully saturated rings. The molecule has 7 heteroatoms. The first-order chi connectivity index (χ1) is 14.5. The third-order valence-corrected chi connectivity index (χ3v) is 5.05. The minimum absolute atomic E-state index is 0.00694. The molecule has 1 aliphatic rings. The highest BCUT2D eigenvalue weighted by Gasteiger charge is 2.19. The lowest BCUT2D eigenvalue weighted by molar-refractivity contribution is -0.130. The minimum Gasteiger partial charge on any atom is -0.496 e. The largest absolute Gasteiger partial charge is 0.496 e. The third-order valence-electron chi connectivity index (χ3n) is 5.05. The molecule has 0 saturated heterocycles. The maximum atomic E-state index is 11.8. The van der Waals surface area contributed by atoms with E-state index in [1.807, 2.05) is 30.3 Å². The number of carbonyl (C=O) groups excluding carboxylic acids is 1. The van der Waals surface area contributed by atoms with Crippen LogP contribution in [0.1, 0.15) is 17.5 Å². The van der Waals surface area contributed by atoms with E-state index in [9.17, 15) is 4.79 Å². The zero-order valence-electron chi connectivity index (χ0n) is 18.1. The Labute approximate surface area is 178 Å². The van der Waals surface area contributed by atoms with E-state index in [0.29, 0.717) is 18.9 Å². The second kappa shape index (κ2) is 10.2. The van der Waals surface area contributed by atoms with Crippen molar-refractivity contribution < 1.29 is 23.7 Å². The quantitative estimate of drug-likeness (QED) is 0.694. The van der Waals surface area contributed by atoms with Crippen LogP contribution in [0.5, 0.6) is 23.0 Å². The lowest BCUT2D eigenvalue weighted by atomic mass is 10.1. The Bertz CT molecular complexity index is 869. The summed E-state index contributed by atoms with van der Waals surface area (Å²) >= 11 is 0. The van der Waals surface area contributed by atoms with E-state index in [1.54, 1.807) is 28.3 Å². The molecule has 0 aliphatic carbocycles. The maximum Gasteiger partial charge on any atom is 0.259 e. The van der Waals surface area contributed by atoms with Gasteiger partial charge in [-0.25, -0.2) is 0 Å². The second-order valence-electron chi connectivity index (χ2n) is 7.41. The molecular weight excluding hydrogens is 384 g/mol. The smallest absolute Gasteiger partial charge is 0.259 e. The number of methoxy groups -OCH3 is 2. The molecule has 2 aromatic carbocycles. The standard InChI is InChI=1S/C23H30N2O5/c1-24(2)22(26)16-30-19-9-10-20(27-3)18(13-19)15-25-11-6-12-29-23-17(14-25)7-5-8-21(23)28-4/h5,7-10,13H,6,11-12,14-16H2,1-4H3. The molecule has 0 atom stereocenters. The fourth-order valence-corrected chi connectivity index (χ4v) is 3.41. The molecule has 30 heavy (non-hydrogen) atoms. The van der Waals surface area contributed by atoms with Gasteiger partial charge in [0.05, 0.1) is 20.8 Å². The van der Waals surface area contributed by atoms with Crippen molar-refractivity contribution in [3.05, 3.63) is 47.5 Å². The van der Waals surface area contributed by atoms with Crippen molar-refractivity contribution in [3.63, 3.8) is 0 Å². The molecule has 0 unspecified atom stereocenters. The number of fused-ring (bicyclic) bond motifs is 1. The van der Waals surface area contributed by atoms with Gasteiger partial charge in [0.15, 0.2) is 18.1 Å². The SMILES string of the molecule is COc1ccc(OCC(=O)N(C)C)cc1CN1CCCOc2c(cccc2OC)C1. The molecule has 1 amide bonds. The van der Waals surface area contributed by atoms with Gasteiger partial charge >= 0.3 is 0 Å². The predicted octanol–water partition coefficient (Wildman–Crippen LogP) is 2.96. The number of amides is 1. The molecular formula is C23H30N2O5. The number of hydrogen-bond acceptors (Lipinski definition) is 6. The molecule has 0 saturated carbocycles. The Morgan fingerprint density at radius 1 is 1.13 bits per heavy atom. The molecule has 2 aromatic rings. The zero-order chi connectivity index (χ0) is 21.5. The van der Waals surface area contributed by atoms with Crippen LogP contribution < -0.4 is 18.9 Å². The van der Waals surface area contributed by atoms with Crippen molar-refractivity contribution in [2.45, 2.75) is 19.5 Å². The molecule has 162 valence electrons. The van der Waals surface area contributed by atoms with E-state index >= 15 is 0 Å². The normalized spacial score (nSPS) is 14.0. The zero-order valence-corrected chi connectivity index (χ0v) is 18.1. The average molecular weight is 415 g/mol. The number of nitrogens with zero attached hydrogens (tertiary/aromatic N) is 2. The van der Waals surface area contributed by atoms with Crippen LogP contribution in [0.4, 0.5) is 0 Å². The van der Waals surface area contributed by atoms with Gasteiger partial charge in [0.2, 0.25) is 0 Å². The number of likely N-dealkylation sites (N-methyl/N-ethyl adjacent to an activating group) is 1. The van der Waals surface area contributed by atoms with Crippen LogP contribution in [0.3, 0.4) is 0 Å². The lowest BCUT2D eigenvalue weighted by Crippen LogP contribution is -2.28. The highest BCUT2D eigenvalue weighted by Crippen LogP contribution is 2.34. The summed E-state index contributed by atoms with van der Waals surface area (Å²) in [5, 5.41) is 0. The number of carbonyl (C=O) groups is 1. The van der Waals surface area contributed by atoms with Crippen molar-refractivity contribution in [2.24, 2.45) is 0 Å². The topological polar surface area (TPSA) is 60.5 Å².